The van der Waals surface area contributed by atoms with Crippen LogP contribution in [0.1, 0.15) is 50.0 Å². The van der Waals surface area contributed by atoms with Gasteiger partial charge in [-0.1, -0.05) is 12.1 Å². The maximum Gasteiger partial charge on any atom is 0.226 e. The summed E-state index contributed by atoms with van der Waals surface area (Å²) in [6, 6.07) is 7.56. The molecule has 0 saturated carbocycles. The quantitative estimate of drug-likeness (QED) is 0.815. The van der Waals surface area contributed by atoms with Crippen LogP contribution in [0.5, 0.6) is 5.75 Å². The highest BCUT2D eigenvalue weighted by molar-refractivity contribution is 5.99. The van der Waals surface area contributed by atoms with Crippen LogP contribution in [0.3, 0.4) is 0 Å². The van der Waals surface area contributed by atoms with Crippen molar-refractivity contribution in [3.05, 3.63) is 46.9 Å². The van der Waals surface area contributed by atoms with Crippen molar-refractivity contribution >= 4 is 11.7 Å². The Labute approximate surface area is 158 Å². The number of aliphatic hydroxyl groups excluding tert-OH is 1. The maximum atomic E-state index is 12.8. The van der Waals surface area contributed by atoms with Crippen molar-refractivity contribution in [3.8, 4) is 5.75 Å². The molecule has 1 atom stereocenters. The van der Waals surface area contributed by atoms with E-state index in [0.29, 0.717) is 37.6 Å². The second kappa shape index (κ2) is 7.52. The molecule has 2 aromatic rings. The third kappa shape index (κ3) is 3.35. The standard InChI is InChI=1S/C20H24N4O3/c1-2-27-14-10-8-13(9-11-14)19-18-15(5-3-6-16(18)26)21-20-22-17(7-4-12-25)23-24(19)20/h8-11,19,25H,2-7,12H2,1H3,(H,21,22,23). The number of allylic oxidation sites excluding steroid dienone is 2. The fourth-order valence-electron chi connectivity index (χ4n) is 3.76. The number of ether oxygens (including phenoxy) is 1. The van der Waals surface area contributed by atoms with Gasteiger partial charge in [0.25, 0.3) is 0 Å². The van der Waals surface area contributed by atoms with Crippen molar-refractivity contribution in [1.29, 1.82) is 0 Å². The normalized spacial score (nSPS) is 18.7. The van der Waals surface area contributed by atoms with E-state index >= 15 is 0 Å². The first-order valence-electron chi connectivity index (χ1n) is 9.53. The Balaban J connectivity index is 1.76. The van der Waals surface area contributed by atoms with Crippen molar-refractivity contribution in [2.45, 2.75) is 45.1 Å². The Kier molecular flexibility index (Phi) is 4.94. The molecular formula is C20H24N4O3. The van der Waals surface area contributed by atoms with E-state index in [0.717, 1.165) is 35.4 Å². The fraction of sp³-hybridized carbons (Fsp3) is 0.450. The van der Waals surface area contributed by atoms with E-state index in [2.05, 4.69) is 15.4 Å². The Morgan fingerprint density at radius 3 is 2.85 bits per heavy atom. The highest BCUT2D eigenvalue weighted by atomic mass is 16.5. The zero-order chi connectivity index (χ0) is 18.8. The van der Waals surface area contributed by atoms with Gasteiger partial charge in [0.05, 0.1) is 6.61 Å². The number of Topliss-reactive ketones (excluding diaryl/α,β-unsaturated/α-hetero) is 1. The van der Waals surface area contributed by atoms with Gasteiger partial charge in [0.2, 0.25) is 5.95 Å². The summed E-state index contributed by atoms with van der Waals surface area (Å²) in [5, 5.41) is 17.1. The van der Waals surface area contributed by atoms with Crippen LogP contribution in [-0.2, 0) is 11.2 Å². The zero-order valence-electron chi connectivity index (χ0n) is 15.4. The number of aryl methyl sites for hydroxylation is 1. The van der Waals surface area contributed by atoms with E-state index in [1.807, 2.05) is 35.9 Å². The summed E-state index contributed by atoms with van der Waals surface area (Å²) in [7, 11) is 0. The molecule has 0 saturated heterocycles. The minimum Gasteiger partial charge on any atom is -0.494 e. The van der Waals surface area contributed by atoms with Crippen LogP contribution in [-0.4, -0.2) is 38.9 Å². The molecule has 7 heteroatoms. The average Bonchev–Trinajstić information content (AvgIpc) is 3.08. The molecule has 2 aliphatic rings. The fourth-order valence-corrected chi connectivity index (χ4v) is 3.76. The number of hydrogen-bond donors (Lipinski definition) is 2. The predicted molar refractivity (Wildman–Crippen MR) is 101 cm³/mol. The molecule has 2 heterocycles. The number of anilines is 1. The summed E-state index contributed by atoms with van der Waals surface area (Å²) in [5.41, 5.74) is 2.73. The van der Waals surface area contributed by atoms with Gasteiger partial charge < -0.3 is 15.2 Å². The largest absolute Gasteiger partial charge is 0.494 e. The van der Waals surface area contributed by atoms with E-state index in [4.69, 9.17) is 9.84 Å². The average molecular weight is 368 g/mol. The molecule has 0 fully saturated rings. The van der Waals surface area contributed by atoms with Gasteiger partial charge in [0, 0.05) is 30.7 Å². The SMILES string of the molecule is CCOc1ccc(C2C3=C(CCCC3=O)Nc3nc(CCCO)nn32)cc1. The molecule has 7 nitrogen and oxygen atoms in total. The molecular weight excluding hydrogens is 344 g/mol. The van der Waals surface area contributed by atoms with Gasteiger partial charge in [-0.3, -0.25) is 4.79 Å². The van der Waals surface area contributed by atoms with Crippen LogP contribution in [0, 0.1) is 0 Å². The third-order valence-corrected chi connectivity index (χ3v) is 4.98. The molecule has 2 N–H and O–H groups in total. The maximum absolute atomic E-state index is 12.8. The number of benzene rings is 1. The van der Waals surface area contributed by atoms with Crippen molar-refractivity contribution in [1.82, 2.24) is 14.8 Å². The van der Waals surface area contributed by atoms with Crippen molar-refractivity contribution in [2.75, 3.05) is 18.5 Å². The Bertz CT molecular complexity index is 870. The molecule has 142 valence electrons. The topological polar surface area (TPSA) is 89.3 Å². The van der Waals surface area contributed by atoms with Gasteiger partial charge >= 0.3 is 0 Å². The first-order valence-corrected chi connectivity index (χ1v) is 9.53. The van der Waals surface area contributed by atoms with E-state index in [9.17, 15) is 4.79 Å². The number of nitrogens with one attached hydrogen (secondary N) is 1. The van der Waals surface area contributed by atoms with E-state index < -0.39 is 0 Å². The van der Waals surface area contributed by atoms with Crippen LogP contribution in [0.25, 0.3) is 0 Å². The minimum absolute atomic E-state index is 0.104. The minimum atomic E-state index is -0.282. The van der Waals surface area contributed by atoms with Crippen LogP contribution >= 0.6 is 0 Å². The number of aromatic nitrogens is 3. The second-order valence-corrected chi connectivity index (χ2v) is 6.82. The lowest BCUT2D eigenvalue weighted by Crippen LogP contribution is -2.31. The molecule has 1 aromatic heterocycles. The molecule has 1 aromatic carbocycles. The number of nitrogens with zero attached hydrogens (tertiary/aromatic N) is 3. The van der Waals surface area contributed by atoms with Crippen LogP contribution in [0.2, 0.25) is 0 Å². The number of carbonyl (C=O) groups is 1. The molecule has 0 spiro atoms. The molecule has 1 unspecified atom stereocenters. The van der Waals surface area contributed by atoms with E-state index in [1.54, 1.807) is 0 Å². The number of carbonyl (C=O) groups excluding carboxylic acids is 1. The molecule has 0 bridgehead atoms. The van der Waals surface area contributed by atoms with Gasteiger partial charge in [-0.15, -0.1) is 0 Å². The van der Waals surface area contributed by atoms with Gasteiger partial charge in [-0.05, 0) is 43.9 Å². The smallest absolute Gasteiger partial charge is 0.226 e. The summed E-state index contributed by atoms with van der Waals surface area (Å²) >= 11 is 0. The first kappa shape index (κ1) is 17.7. The second-order valence-electron chi connectivity index (χ2n) is 6.82. The lowest BCUT2D eigenvalue weighted by atomic mass is 9.85. The summed E-state index contributed by atoms with van der Waals surface area (Å²) < 4.78 is 7.35. The van der Waals surface area contributed by atoms with Gasteiger partial charge in [0.1, 0.15) is 11.8 Å². The van der Waals surface area contributed by atoms with Crippen molar-refractivity contribution < 1.29 is 14.6 Å². The van der Waals surface area contributed by atoms with Crippen molar-refractivity contribution in [2.24, 2.45) is 0 Å². The lowest BCUT2D eigenvalue weighted by molar-refractivity contribution is -0.116. The molecule has 27 heavy (non-hydrogen) atoms. The Hall–Kier alpha value is -2.67. The number of hydrogen-bond acceptors (Lipinski definition) is 6. The van der Waals surface area contributed by atoms with E-state index in [-0.39, 0.29) is 18.4 Å². The Morgan fingerprint density at radius 2 is 2.11 bits per heavy atom. The number of fused-ring (bicyclic) bond motifs is 1. The summed E-state index contributed by atoms with van der Waals surface area (Å²) in [6.45, 7) is 2.67. The molecule has 4 rings (SSSR count). The monoisotopic (exact) mass is 368 g/mol. The van der Waals surface area contributed by atoms with Gasteiger partial charge in [-0.25, -0.2) is 4.68 Å². The summed E-state index contributed by atoms with van der Waals surface area (Å²) in [4.78, 5) is 17.3. The highest BCUT2D eigenvalue weighted by Crippen LogP contribution is 2.40. The van der Waals surface area contributed by atoms with Crippen LogP contribution < -0.4 is 10.1 Å². The third-order valence-electron chi connectivity index (χ3n) is 4.98. The molecule has 0 radical (unpaired) electrons. The number of rotatable bonds is 6. The van der Waals surface area contributed by atoms with Crippen LogP contribution in [0.15, 0.2) is 35.5 Å². The molecule has 1 aliphatic carbocycles. The number of ketones is 1. The summed E-state index contributed by atoms with van der Waals surface area (Å²) in [5.74, 6) is 2.31. The Morgan fingerprint density at radius 1 is 1.30 bits per heavy atom. The lowest BCUT2D eigenvalue weighted by Gasteiger charge is -2.32. The van der Waals surface area contributed by atoms with Gasteiger partial charge in [0.15, 0.2) is 11.6 Å². The van der Waals surface area contributed by atoms with E-state index in [1.165, 1.54) is 0 Å². The molecule has 0 amide bonds. The highest BCUT2D eigenvalue weighted by Gasteiger charge is 2.36. The summed E-state index contributed by atoms with van der Waals surface area (Å²) in [6.07, 6.45) is 3.48. The van der Waals surface area contributed by atoms with Crippen molar-refractivity contribution in [3.63, 3.8) is 0 Å². The predicted octanol–water partition coefficient (Wildman–Crippen LogP) is 2.62. The first-order chi connectivity index (χ1) is 13.2. The number of aliphatic hydroxyl groups is 1. The van der Waals surface area contributed by atoms with Crippen LogP contribution in [0.4, 0.5) is 5.95 Å². The zero-order valence-corrected chi connectivity index (χ0v) is 15.4. The molecule has 1 aliphatic heterocycles. The van der Waals surface area contributed by atoms with Gasteiger partial charge in [-0.2, -0.15) is 10.1 Å².